The normalized spacial score (nSPS) is 13.9. The fraction of sp³-hybridized carbons (Fsp3) is 0.240. The van der Waals surface area contributed by atoms with E-state index in [0.29, 0.717) is 31.5 Å². The lowest BCUT2D eigenvalue weighted by Crippen LogP contribution is -2.46. The molecule has 0 aliphatic carbocycles. The minimum Gasteiger partial charge on any atom is -0.348 e. The summed E-state index contributed by atoms with van der Waals surface area (Å²) in [5, 5.41) is 5.48. The Labute approximate surface area is 196 Å². The van der Waals surface area contributed by atoms with Crippen molar-refractivity contribution in [3.8, 4) is 0 Å². The van der Waals surface area contributed by atoms with Crippen LogP contribution >= 0.6 is 0 Å². The van der Waals surface area contributed by atoms with Crippen molar-refractivity contribution in [2.24, 2.45) is 0 Å². The van der Waals surface area contributed by atoms with Crippen LogP contribution in [0.2, 0.25) is 0 Å². The third-order valence-electron chi connectivity index (χ3n) is 5.67. The molecule has 0 bridgehead atoms. The van der Waals surface area contributed by atoms with E-state index in [1.807, 2.05) is 31.2 Å². The second kappa shape index (κ2) is 10.2. The molecule has 1 aliphatic heterocycles. The largest absolute Gasteiger partial charge is 0.348 e. The zero-order valence-electron chi connectivity index (χ0n) is 18.6. The van der Waals surface area contributed by atoms with Crippen molar-refractivity contribution in [3.05, 3.63) is 89.1 Å². The van der Waals surface area contributed by atoms with E-state index in [1.165, 1.54) is 36.7 Å². The minimum absolute atomic E-state index is 0.0151. The first-order valence-electron chi connectivity index (χ1n) is 11.0. The van der Waals surface area contributed by atoms with Crippen molar-refractivity contribution < 1.29 is 18.8 Å². The maximum Gasteiger partial charge on any atom is 0.273 e. The molecular weight excluding hydrogens is 437 g/mol. The summed E-state index contributed by atoms with van der Waals surface area (Å²) in [4.78, 5) is 48.0. The Hall–Kier alpha value is -4.14. The number of piperidine rings is 1. The van der Waals surface area contributed by atoms with Crippen molar-refractivity contribution in [1.82, 2.24) is 20.2 Å². The number of aryl methyl sites for hydroxylation is 1. The number of halogens is 1. The second-order valence-corrected chi connectivity index (χ2v) is 8.12. The van der Waals surface area contributed by atoms with Gasteiger partial charge in [0.1, 0.15) is 5.82 Å². The summed E-state index contributed by atoms with van der Waals surface area (Å²) in [7, 11) is 0. The highest BCUT2D eigenvalue weighted by molar-refractivity contribution is 6.07. The molecule has 1 fully saturated rings. The molecule has 2 heterocycles. The molecule has 0 unspecified atom stereocenters. The van der Waals surface area contributed by atoms with Gasteiger partial charge in [-0.15, -0.1) is 0 Å². The number of hydrogen-bond acceptors (Lipinski definition) is 5. The Morgan fingerprint density at radius 2 is 1.50 bits per heavy atom. The Morgan fingerprint density at radius 3 is 2.18 bits per heavy atom. The van der Waals surface area contributed by atoms with Crippen molar-refractivity contribution in [1.29, 1.82) is 0 Å². The number of carbonyl (C=O) groups excluding carboxylic acids is 3. The lowest BCUT2D eigenvalue weighted by molar-refractivity contribution is 0.0697. The van der Waals surface area contributed by atoms with Crippen LogP contribution in [0.4, 0.5) is 10.2 Å². The maximum absolute atomic E-state index is 13.1. The van der Waals surface area contributed by atoms with E-state index >= 15 is 0 Å². The molecule has 34 heavy (non-hydrogen) atoms. The quantitative estimate of drug-likeness (QED) is 0.607. The van der Waals surface area contributed by atoms with E-state index in [0.717, 1.165) is 5.56 Å². The standard InChI is InChI=1S/C25H24FN5O3/c1-16-2-4-18(5-3-16)25(34)31-14-10-20(11-15-31)29-24(33)21-22(28-13-12-27-21)30-23(32)17-6-8-19(26)9-7-17/h2-9,12-13,20H,10-11,14-15H2,1H3,(H,29,33)(H,28,30,32). The third-order valence-corrected chi connectivity index (χ3v) is 5.67. The predicted octanol–water partition coefficient (Wildman–Crippen LogP) is 3.21. The molecular formula is C25H24FN5O3. The Kier molecular flexibility index (Phi) is 6.91. The molecule has 2 N–H and O–H groups in total. The van der Waals surface area contributed by atoms with Crippen LogP contribution in [0.15, 0.2) is 60.9 Å². The Bertz CT molecular complexity index is 1190. The van der Waals surface area contributed by atoms with Crippen molar-refractivity contribution in [3.63, 3.8) is 0 Å². The van der Waals surface area contributed by atoms with Gasteiger partial charge >= 0.3 is 0 Å². The van der Waals surface area contributed by atoms with Gasteiger partial charge in [0.15, 0.2) is 11.5 Å². The topological polar surface area (TPSA) is 104 Å². The number of amides is 3. The first kappa shape index (κ1) is 23.0. The molecule has 9 heteroatoms. The summed E-state index contributed by atoms with van der Waals surface area (Å²) >= 11 is 0. The molecule has 4 rings (SSSR count). The van der Waals surface area contributed by atoms with E-state index in [9.17, 15) is 18.8 Å². The molecule has 0 saturated carbocycles. The van der Waals surface area contributed by atoms with Gasteiger partial charge in [0, 0.05) is 42.7 Å². The predicted molar refractivity (Wildman–Crippen MR) is 124 cm³/mol. The SMILES string of the molecule is Cc1ccc(C(=O)N2CCC(NC(=O)c3nccnc3NC(=O)c3ccc(F)cc3)CC2)cc1. The zero-order chi connectivity index (χ0) is 24.1. The average Bonchev–Trinajstić information content (AvgIpc) is 2.85. The molecule has 0 radical (unpaired) electrons. The van der Waals surface area contributed by atoms with Gasteiger partial charge in [-0.25, -0.2) is 14.4 Å². The summed E-state index contributed by atoms with van der Waals surface area (Å²) in [6, 6.07) is 12.4. The summed E-state index contributed by atoms with van der Waals surface area (Å²) in [5.74, 6) is -1.46. The summed E-state index contributed by atoms with van der Waals surface area (Å²) in [6.45, 7) is 3.01. The fourth-order valence-corrected chi connectivity index (χ4v) is 3.74. The number of carbonyl (C=O) groups is 3. The van der Waals surface area contributed by atoms with Gasteiger partial charge in [-0.1, -0.05) is 17.7 Å². The number of nitrogens with zero attached hydrogens (tertiary/aromatic N) is 3. The molecule has 1 saturated heterocycles. The molecule has 0 spiro atoms. The van der Waals surface area contributed by atoms with E-state index in [1.54, 1.807) is 4.90 Å². The molecule has 174 valence electrons. The van der Waals surface area contributed by atoms with Gasteiger partial charge in [-0.05, 0) is 56.2 Å². The van der Waals surface area contributed by atoms with Gasteiger partial charge in [0.05, 0.1) is 0 Å². The van der Waals surface area contributed by atoms with Crippen LogP contribution in [-0.4, -0.2) is 51.7 Å². The molecule has 3 amide bonds. The lowest BCUT2D eigenvalue weighted by Gasteiger charge is -2.32. The number of benzene rings is 2. The highest BCUT2D eigenvalue weighted by Crippen LogP contribution is 2.17. The van der Waals surface area contributed by atoms with Crippen LogP contribution < -0.4 is 10.6 Å². The molecule has 1 aromatic heterocycles. The number of rotatable bonds is 5. The van der Waals surface area contributed by atoms with Crippen LogP contribution in [0.1, 0.15) is 49.6 Å². The molecule has 3 aromatic rings. The van der Waals surface area contributed by atoms with Crippen molar-refractivity contribution in [2.75, 3.05) is 18.4 Å². The van der Waals surface area contributed by atoms with Crippen LogP contribution in [0.3, 0.4) is 0 Å². The van der Waals surface area contributed by atoms with Crippen LogP contribution in [0.25, 0.3) is 0 Å². The van der Waals surface area contributed by atoms with Gasteiger partial charge in [0.2, 0.25) is 0 Å². The highest BCUT2D eigenvalue weighted by Gasteiger charge is 2.26. The first-order valence-corrected chi connectivity index (χ1v) is 11.0. The van der Waals surface area contributed by atoms with Crippen LogP contribution in [-0.2, 0) is 0 Å². The van der Waals surface area contributed by atoms with E-state index < -0.39 is 17.6 Å². The monoisotopic (exact) mass is 461 g/mol. The van der Waals surface area contributed by atoms with Gasteiger partial charge in [0.25, 0.3) is 17.7 Å². The number of likely N-dealkylation sites (tertiary alicyclic amines) is 1. The zero-order valence-corrected chi connectivity index (χ0v) is 18.6. The number of nitrogens with one attached hydrogen (secondary N) is 2. The fourth-order valence-electron chi connectivity index (χ4n) is 3.74. The highest BCUT2D eigenvalue weighted by atomic mass is 19.1. The summed E-state index contributed by atoms with van der Waals surface area (Å²) in [6.07, 6.45) is 3.93. The lowest BCUT2D eigenvalue weighted by atomic mass is 10.0. The molecule has 1 aliphatic rings. The van der Waals surface area contributed by atoms with Gasteiger partial charge < -0.3 is 15.5 Å². The second-order valence-electron chi connectivity index (χ2n) is 8.12. The summed E-state index contributed by atoms with van der Waals surface area (Å²) < 4.78 is 13.1. The van der Waals surface area contributed by atoms with Crippen molar-refractivity contribution >= 4 is 23.5 Å². The smallest absolute Gasteiger partial charge is 0.273 e. The van der Waals surface area contributed by atoms with E-state index in [4.69, 9.17) is 0 Å². The first-order chi connectivity index (χ1) is 16.4. The van der Waals surface area contributed by atoms with Crippen molar-refractivity contribution in [2.45, 2.75) is 25.8 Å². The summed E-state index contributed by atoms with van der Waals surface area (Å²) in [5.41, 5.74) is 1.95. The third kappa shape index (κ3) is 5.43. The Balaban J connectivity index is 1.35. The van der Waals surface area contributed by atoms with E-state index in [-0.39, 0.29) is 29.0 Å². The number of hydrogen-bond donors (Lipinski definition) is 2. The number of aromatic nitrogens is 2. The van der Waals surface area contributed by atoms with Crippen LogP contribution in [0, 0.1) is 12.7 Å². The van der Waals surface area contributed by atoms with E-state index in [2.05, 4.69) is 20.6 Å². The molecule has 8 nitrogen and oxygen atoms in total. The Morgan fingerprint density at radius 1 is 0.882 bits per heavy atom. The van der Waals surface area contributed by atoms with Gasteiger partial charge in [-0.2, -0.15) is 0 Å². The molecule has 2 aromatic carbocycles. The number of anilines is 1. The molecule has 0 atom stereocenters. The van der Waals surface area contributed by atoms with Gasteiger partial charge in [-0.3, -0.25) is 14.4 Å². The minimum atomic E-state index is -0.530. The maximum atomic E-state index is 13.1. The average molecular weight is 461 g/mol. The van der Waals surface area contributed by atoms with Crippen LogP contribution in [0.5, 0.6) is 0 Å².